The lowest BCUT2D eigenvalue weighted by Gasteiger charge is -2.41. The molecular formula is C18H32N4O2. The van der Waals surface area contributed by atoms with E-state index in [-0.39, 0.29) is 23.8 Å². The lowest BCUT2D eigenvalue weighted by molar-refractivity contribution is -0.134. The van der Waals surface area contributed by atoms with Crippen LogP contribution in [-0.4, -0.2) is 65.3 Å². The second-order valence-electron chi connectivity index (χ2n) is 7.39. The summed E-state index contributed by atoms with van der Waals surface area (Å²) in [6, 6.07) is -0.689. The maximum atomic E-state index is 12.9. The molecule has 4 unspecified atom stereocenters. The van der Waals surface area contributed by atoms with E-state index in [1.807, 2.05) is 18.7 Å². The summed E-state index contributed by atoms with van der Waals surface area (Å²) in [4.78, 5) is 29.1. The SMILES string of the molecule is C=C(C1CCCN1C(=O)C(NC)C(C)N)N1CCCC1(C)C(C)=O. The summed E-state index contributed by atoms with van der Waals surface area (Å²) in [5.74, 6) is 0.195. The number of likely N-dealkylation sites (tertiary alicyclic amines) is 2. The van der Waals surface area contributed by atoms with Crippen molar-refractivity contribution in [3.05, 3.63) is 12.3 Å². The minimum atomic E-state index is -0.488. The standard InChI is InChI=1S/C18H32N4O2/c1-12(19)16(20-5)17(24)21-10-6-8-15(21)13(2)22-11-7-9-18(22,4)14(3)23/h12,15-16,20H,2,6-11,19H2,1,3-5H3. The first-order valence-corrected chi connectivity index (χ1v) is 8.95. The zero-order valence-corrected chi connectivity index (χ0v) is 15.5. The first kappa shape index (κ1) is 18.9. The molecule has 2 aliphatic rings. The van der Waals surface area contributed by atoms with Gasteiger partial charge in [0.05, 0.1) is 11.6 Å². The largest absolute Gasteiger partial charge is 0.361 e. The van der Waals surface area contributed by atoms with Crippen LogP contribution in [0.2, 0.25) is 0 Å². The maximum absolute atomic E-state index is 12.9. The molecule has 2 fully saturated rings. The van der Waals surface area contributed by atoms with Crippen LogP contribution >= 0.6 is 0 Å². The van der Waals surface area contributed by atoms with Crippen LogP contribution in [-0.2, 0) is 9.59 Å². The van der Waals surface area contributed by atoms with Gasteiger partial charge in [0, 0.05) is 24.8 Å². The number of nitrogens with one attached hydrogen (secondary N) is 1. The van der Waals surface area contributed by atoms with Crippen molar-refractivity contribution in [3.63, 3.8) is 0 Å². The molecule has 2 aliphatic heterocycles. The maximum Gasteiger partial charge on any atom is 0.241 e. The van der Waals surface area contributed by atoms with Crippen LogP contribution in [0.15, 0.2) is 12.3 Å². The van der Waals surface area contributed by atoms with Gasteiger partial charge >= 0.3 is 0 Å². The highest BCUT2D eigenvalue weighted by Crippen LogP contribution is 2.37. The Morgan fingerprint density at radius 1 is 1.33 bits per heavy atom. The molecule has 2 saturated heterocycles. The average molecular weight is 336 g/mol. The number of hydrogen-bond acceptors (Lipinski definition) is 5. The molecule has 4 atom stereocenters. The number of Topliss-reactive ketones (excluding diaryl/α,β-unsaturated/α-hetero) is 1. The Morgan fingerprint density at radius 2 is 2.00 bits per heavy atom. The van der Waals surface area contributed by atoms with Crippen LogP contribution in [0.25, 0.3) is 0 Å². The van der Waals surface area contributed by atoms with Gasteiger partial charge in [0.1, 0.15) is 6.04 Å². The average Bonchev–Trinajstić information content (AvgIpc) is 3.14. The molecule has 136 valence electrons. The zero-order valence-electron chi connectivity index (χ0n) is 15.5. The monoisotopic (exact) mass is 336 g/mol. The molecule has 0 aromatic heterocycles. The molecule has 2 rings (SSSR count). The van der Waals surface area contributed by atoms with Crippen molar-refractivity contribution in [2.24, 2.45) is 5.73 Å². The van der Waals surface area contributed by atoms with Crippen molar-refractivity contribution >= 4 is 11.7 Å². The normalized spacial score (nSPS) is 29.6. The van der Waals surface area contributed by atoms with Crippen molar-refractivity contribution in [1.82, 2.24) is 15.1 Å². The Morgan fingerprint density at radius 3 is 2.54 bits per heavy atom. The first-order chi connectivity index (χ1) is 11.2. The highest BCUT2D eigenvalue weighted by Gasteiger charge is 2.45. The summed E-state index contributed by atoms with van der Waals surface area (Å²) in [7, 11) is 1.76. The molecule has 2 heterocycles. The second-order valence-corrected chi connectivity index (χ2v) is 7.39. The van der Waals surface area contributed by atoms with Gasteiger partial charge in [-0.1, -0.05) is 6.58 Å². The summed E-state index contributed by atoms with van der Waals surface area (Å²) in [5.41, 5.74) is 6.37. The van der Waals surface area contributed by atoms with E-state index in [2.05, 4.69) is 16.8 Å². The summed E-state index contributed by atoms with van der Waals surface area (Å²) in [6.07, 6.45) is 3.68. The van der Waals surface area contributed by atoms with Gasteiger partial charge in [-0.05, 0) is 53.5 Å². The minimum Gasteiger partial charge on any atom is -0.361 e. The van der Waals surface area contributed by atoms with Gasteiger partial charge in [-0.15, -0.1) is 0 Å². The third-order valence-corrected chi connectivity index (χ3v) is 5.77. The van der Waals surface area contributed by atoms with Crippen molar-refractivity contribution in [2.75, 3.05) is 20.1 Å². The van der Waals surface area contributed by atoms with Crippen LogP contribution in [0.4, 0.5) is 0 Å². The van der Waals surface area contributed by atoms with Gasteiger partial charge in [-0.3, -0.25) is 9.59 Å². The van der Waals surface area contributed by atoms with Gasteiger partial charge < -0.3 is 20.9 Å². The molecule has 24 heavy (non-hydrogen) atoms. The topological polar surface area (TPSA) is 78.7 Å². The summed E-state index contributed by atoms with van der Waals surface area (Å²) < 4.78 is 0. The van der Waals surface area contributed by atoms with Crippen molar-refractivity contribution in [3.8, 4) is 0 Å². The van der Waals surface area contributed by atoms with Crippen LogP contribution in [0.1, 0.15) is 46.5 Å². The fourth-order valence-electron chi connectivity index (χ4n) is 4.14. The van der Waals surface area contributed by atoms with Crippen LogP contribution in [0.5, 0.6) is 0 Å². The summed E-state index contributed by atoms with van der Waals surface area (Å²) in [5, 5.41) is 3.03. The van der Waals surface area contributed by atoms with Gasteiger partial charge in [-0.25, -0.2) is 0 Å². The van der Waals surface area contributed by atoms with E-state index in [0.29, 0.717) is 0 Å². The predicted octanol–water partition coefficient (Wildman–Crippen LogP) is 0.870. The Bertz CT molecular complexity index is 519. The number of hydrogen-bond donors (Lipinski definition) is 2. The molecule has 0 aromatic carbocycles. The molecular weight excluding hydrogens is 304 g/mol. The fraction of sp³-hybridized carbons (Fsp3) is 0.778. The van der Waals surface area contributed by atoms with Crippen LogP contribution in [0, 0.1) is 0 Å². The highest BCUT2D eigenvalue weighted by atomic mass is 16.2. The lowest BCUT2D eigenvalue weighted by atomic mass is 9.93. The third kappa shape index (κ3) is 3.22. The third-order valence-electron chi connectivity index (χ3n) is 5.77. The quantitative estimate of drug-likeness (QED) is 0.752. The number of carbonyl (C=O) groups is 2. The van der Waals surface area contributed by atoms with Crippen molar-refractivity contribution in [2.45, 2.75) is 70.1 Å². The second kappa shape index (κ2) is 7.23. The first-order valence-electron chi connectivity index (χ1n) is 8.95. The fourth-order valence-corrected chi connectivity index (χ4v) is 4.14. The van der Waals surface area contributed by atoms with Crippen LogP contribution in [0.3, 0.4) is 0 Å². The highest BCUT2D eigenvalue weighted by molar-refractivity contribution is 5.86. The number of nitrogens with two attached hydrogens (primary N) is 1. The van der Waals surface area contributed by atoms with Crippen molar-refractivity contribution in [1.29, 1.82) is 0 Å². The van der Waals surface area contributed by atoms with Crippen LogP contribution < -0.4 is 11.1 Å². The smallest absolute Gasteiger partial charge is 0.241 e. The molecule has 6 heteroatoms. The Balaban J connectivity index is 2.19. The molecule has 0 saturated carbocycles. The number of rotatable bonds is 6. The van der Waals surface area contributed by atoms with E-state index >= 15 is 0 Å². The molecule has 0 aromatic rings. The van der Waals surface area contributed by atoms with E-state index < -0.39 is 11.6 Å². The Labute approximate surface area is 145 Å². The molecule has 6 nitrogen and oxygen atoms in total. The zero-order chi connectivity index (χ0) is 18.1. The Kier molecular flexibility index (Phi) is 5.71. The van der Waals surface area contributed by atoms with E-state index in [4.69, 9.17) is 5.73 Å². The van der Waals surface area contributed by atoms with Gasteiger partial charge in [0.15, 0.2) is 5.78 Å². The number of likely N-dealkylation sites (N-methyl/N-ethyl adjacent to an activating group) is 1. The van der Waals surface area contributed by atoms with E-state index in [0.717, 1.165) is 44.5 Å². The van der Waals surface area contributed by atoms with E-state index in [1.54, 1.807) is 14.0 Å². The summed E-state index contributed by atoms with van der Waals surface area (Å²) >= 11 is 0. The van der Waals surface area contributed by atoms with Gasteiger partial charge in [0.2, 0.25) is 5.91 Å². The van der Waals surface area contributed by atoms with E-state index in [9.17, 15) is 9.59 Å². The molecule has 0 spiro atoms. The van der Waals surface area contributed by atoms with Crippen molar-refractivity contribution < 1.29 is 9.59 Å². The minimum absolute atomic E-state index is 0.0277. The summed E-state index contributed by atoms with van der Waals surface area (Å²) in [6.45, 7) is 11.3. The predicted molar refractivity (Wildman–Crippen MR) is 95.4 cm³/mol. The number of carbonyl (C=O) groups excluding carboxylic acids is 2. The van der Waals surface area contributed by atoms with E-state index in [1.165, 1.54) is 0 Å². The molecule has 3 N–H and O–H groups in total. The molecule has 1 amide bonds. The molecule has 0 aliphatic carbocycles. The number of nitrogens with zero attached hydrogens (tertiary/aromatic N) is 2. The van der Waals surface area contributed by atoms with Gasteiger partial charge in [-0.2, -0.15) is 0 Å². The molecule has 0 bridgehead atoms. The number of ketones is 1. The lowest BCUT2D eigenvalue weighted by Crippen LogP contribution is -2.56. The van der Waals surface area contributed by atoms with Gasteiger partial charge in [0.25, 0.3) is 0 Å². The Hall–Kier alpha value is -1.40. The number of amides is 1. The molecule has 0 radical (unpaired) electrons.